The molecule has 9 nitrogen and oxygen atoms in total. The highest BCUT2D eigenvalue weighted by Crippen LogP contribution is 2.26. The first-order chi connectivity index (χ1) is 19.4. The Bertz CT molecular complexity index is 1180. The number of halogens is 1. The fourth-order valence-electron chi connectivity index (χ4n) is 5.17. The lowest BCUT2D eigenvalue weighted by Gasteiger charge is -2.32. The van der Waals surface area contributed by atoms with Crippen LogP contribution in [-0.2, 0) is 25.5 Å². The van der Waals surface area contributed by atoms with Gasteiger partial charge in [0.25, 0.3) is 0 Å². The molecule has 40 heavy (non-hydrogen) atoms. The first kappa shape index (κ1) is 30.4. The number of rotatable bonds is 12. The summed E-state index contributed by atoms with van der Waals surface area (Å²) in [5.41, 5.74) is 0.807. The lowest BCUT2D eigenvalue weighted by atomic mass is 9.91. The predicted octanol–water partition coefficient (Wildman–Crippen LogP) is 3.46. The molecular weight excluding hydrogens is 550 g/mol. The summed E-state index contributed by atoms with van der Waals surface area (Å²) in [6.07, 6.45) is 9.29. The number of hydrogen-bond acceptors (Lipinski definition) is 7. The lowest BCUT2D eigenvalue weighted by Crippen LogP contribution is -2.55. The van der Waals surface area contributed by atoms with E-state index in [1.54, 1.807) is 19.1 Å². The third kappa shape index (κ3) is 9.26. The Morgan fingerprint density at radius 2 is 1.95 bits per heavy atom. The zero-order valence-electron chi connectivity index (χ0n) is 23.1. The van der Waals surface area contributed by atoms with E-state index in [1.165, 1.54) is 30.6 Å². The Kier molecular flexibility index (Phi) is 11.8. The number of thiazole rings is 1. The van der Waals surface area contributed by atoms with Gasteiger partial charge in [-0.1, -0.05) is 31.0 Å². The number of piperidine rings is 1. The standard InChI is InChI=1S/C29H40ClN5O4S/c1-2-26(36)32-23(18-28-33-22-9-8-21(30)17-25(22)40-28)29(38)34-24(20-10-15-39-16-11-20)19-31-27(37)7-6-14-35-12-4-3-5-13-35/h6-9,17,20,23-24H,2-5,10-16,18-19H2,1H3,(H,31,37)(H,32,36)(H,34,38)/b7-6+/t23-,24+/m0/s1. The number of nitrogens with one attached hydrogen (secondary N) is 3. The number of carbonyl (C=O) groups excluding carboxylic acids is 3. The maximum absolute atomic E-state index is 13.6. The second-order valence-corrected chi connectivity index (χ2v) is 12.0. The third-order valence-corrected chi connectivity index (χ3v) is 8.76. The van der Waals surface area contributed by atoms with Crippen LogP contribution in [-0.4, -0.2) is 79.1 Å². The summed E-state index contributed by atoms with van der Waals surface area (Å²) in [5.74, 6) is -0.515. The molecule has 3 N–H and O–H groups in total. The van der Waals surface area contributed by atoms with Gasteiger partial charge in [-0.15, -0.1) is 11.3 Å². The number of nitrogens with zero attached hydrogens (tertiary/aromatic N) is 2. The van der Waals surface area contributed by atoms with Crippen LogP contribution in [0.25, 0.3) is 10.2 Å². The van der Waals surface area contributed by atoms with Crippen LogP contribution in [0.4, 0.5) is 0 Å². The molecule has 3 amide bonds. The summed E-state index contributed by atoms with van der Waals surface area (Å²) in [6, 6.07) is 4.41. The van der Waals surface area contributed by atoms with Crippen LogP contribution in [0.2, 0.25) is 5.02 Å². The van der Waals surface area contributed by atoms with E-state index in [9.17, 15) is 14.4 Å². The number of hydrogen-bond donors (Lipinski definition) is 3. The minimum atomic E-state index is -0.786. The number of benzene rings is 1. The van der Waals surface area contributed by atoms with E-state index in [0.29, 0.717) is 24.8 Å². The molecular formula is C29H40ClN5O4S. The molecule has 0 unspecified atom stereocenters. The highest BCUT2D eigenvalue weighted by atomic mass is 35.5. The largest absolute Gasteiger partial charge is 0.381 e. The van der Waals surface area contributed by atoms with E-state index in [2.05, 4.69) is 25.8 Å². The first-order valence-electron chi connectivity index (χ1n) is 14.3. The zero-order chi connectivity index (χ0) is 28.3. The number of amides is 3. The smallest absolute Gasteiger partial charge is 0.243 e. The molecule has 1 aromatic heterocycles. The SMILES string of the molecule is CCC(=O)N[C@@H](Cc1nc2ccc(Cl)cc2s1)C(=O)N[C@H](CNC(=O)/C=C/CN1CCCCC1)C1CCOCC1. The Morgan fingerprint density at radius 3 is 2.70 bits per heavy atom. The van der Waals surface area contributed by atoms with Crippen LogP contribution in [0.15, 0.2) is 30.4 Å². The van der Waals surface area contributed by atoms with Crippen LogP contribution in [0.5, 0.6) is 0 Å². The van der Waals surface area contributed by atoms with Crippen LogP contribution in [0.1, 0.15) is 50.5 Å². The van der Waals surface area contributed by atoms with Crippen molar-refractivity contribution in [2.45, 2.75) is 64.0 Å². The Balaban J connectivity index is 1.40. The molecule has 218 valence electrons. The lowest BCUT2D eigenvalue weighted by molar-refractivity contribution is -0.129. The van der Waals surface area contributed by atoms with Crippen molar-refractivity contribution in [3.63, 3.8) is 0 Å². The van der Waals surface area contributed by atoms with Gasteiger partial charge in [0.1, 0.15) is 6.04 Å². The van der Waals surface area contributed by atoms with E-state index < -0.39 is 6.04 Å². The molecule has 2 aromatic rings. The molecule has 0 saturated carbocycles. The molecule has 2 atom stereocenters. The van der Waals surface area contributed by atoms with E-state index in [1.807, 2.05) is 18.2 Å². The monoisotopic (exact) mass is 589 g/mol. The number of likely N-dealkylation sites (tertiary alicyclic amines) is 1. The fraction of sp³-hybridized carbons (Fsp3) is 0.586. The number of fused-ring (bicyclic) bond motifs is 1. The van der Waals surface area contributed by atoms with Crippen molar-refractivity contribution in [2.24, 2.45) is 5.92 Å². The molecule has 4 rings (SSSR count). The topological polar surface area (TPSA) is 113 Å². The van der Waals surface area contributed by atoms with Crippen molar-refractivity contribution in [2.75, 3.05) is 39.4 Å². The van der Waals surface area contributed by atoms with Crippen molar-refractivity contribution in [3.05, 3.63) is 40.4 Å². The zero-order valence-corrected chi connectivity index (χ0v) is 24.7. The van der Waals surface area contributed by atoms with Gasteiger partial charge in [0, 0.05) is 56.3 Å². The summed E-state index contributed by atoms with van der Waals surface area (Å²) >= 11 is 7.59. The maximum Gasteiger partial charge on any atom is 0.243 e. The number of ether oxygens (including phenoxy) is 1. The summed E-state index contributed by atoms with van der Waals surface area (Å²) in [7, 11) is 0. The molecule has 2 fully saturated rings. The van der Waals surface area contributed by atoms with Gasteiger partial charge in [-0.25, -0.2) is 4.98 Å². The molecule has 1 aromatic carbocycles. The molecule has 0 radical (unpaired) electrons. The van der Waals surface area contributed by atoms with Gasteiger partial charge in [-0.05, 0) is 62.9 Å². The minimum Gasteiger partial charge on any atom is -0.381 e. The van der Waals surface area contributed by atoms with Gasteiger partial charge in [-0.2, -0.15) is 0 Å². The van der Waals surface area contributed by atoms with Gasteiger partial charge in [0.2, 0.25) is 17.7 Å². The molecule has 2 aliphatic heterocycles. The summed E-state index contributed by atoms with van der Waals surface area (Å²) in [6.45, 7) is 6.20. The normalized spacial score (nSPS) is 18.4. The van der Waals surface area contributed by atoms with Gasteiger partial charge in [0.05, 0.1) is 15.2 Å². The molecule has 11 heteroatoms. The van der Waals surface area contributed by atoms with Gasteiger partial charge in [-0.3, -0.25) is 19.3 Å². The molecule has 0 aliphatic carbocycles. The predicted molar refractivity (Wildman–Crippen MR) is 158 cm³/mol. The van der Waals surface area contributed by atoms with Crippen molar-refractivity contribution < 1.29 is 19.1 Å². The Labute approximate surface area is 245 Å². The number of aromatic nitrogens is 1. The highest BCUT2D eigenvalue weighted by Gasteiger charge is 2.30. The molecule has 2 aliphatic rings. The van der Waals surface area contributed by atoms with E-state index >= 15 is 0 Å². The minimum absolute atomic E-state index is 0.155. The molecule has 2 saturated heterocycles. The number of carbonyl (C=O) groups is 3. The fourth-order valence-corrected chi connectivity index (χ4v) is 6.46. The van der Waals surface area contributed by atoms with Gasteiger partial charge >= 0.3 is 0 Å². The van der Waals surface area contributed by atoms with Crippen molar-refractivity contribution >= 4 is 50.9 Å². The van der Waals surface area contributed by atoms with E-state index in [4.69, 9.17) is 16.3 Å². The summed E-state index contributed by atoms with van der Waals surface area (Å²) < 4.78 is 6.46. The van der Waals surface area contributed by atoms with Crippen LogP contribution in [0.3, 0.4) is 0 Å². The second kappa shape index (κ2) is 15.5. The van der Waals surface area contributed by atoms with Crippen molar-refractivity contribution in [1.29, 1.82) is 0 Å². The highest BCUT2D eigenvalue weighted by molar-refractivity contribution is 7.18. The average molecular weight is 590 g/mol. The van der Waals surface area contributed by atoms with Gasteiger partial charge in [0.15, 0.2) is 0 Å². The maximum atomic E-state index is 13.6. The van der Waals surface area contributed by atoms with E-state index in [-0.39, 0.29) is 42.5 Å². The van der Waals surface area contributed by atoms with Crippen LogP contribution < -0.4 is 16.0 Å². The average Bonchev–Trinajstić information content (AvgIpc) is 3.37. The second-order valence-electron chi connectivity index (χ2n) is 10.5. The quantitative estimate of drug-likeness (QED) is 0.327. The van der Waals surface area contributed by atoms with Crippen molar-refractivity contribution in [3.8, 4) is 0 Å². The molecule has 3 heterocycles. The Hall–Kier alpha value is -2.53. The van der Waals surface area contributed by atoms with E-state index in [0.717, 1.165) is 47.7 Å². The molecule has 0 bridgehead atoms. The third-order valence-electron chi connectivity index (χ3n) is 7.49. The van der Waals surface area contributed by atoms with Crippen LogP contribution >= 0.6 is 22.9 Å². The first-order valence-corrected chi connectivity index (χ1v) is 15.5. The molecule has 0 spiro atoms. The van der Waals surface area contributed by atoms with Gasteiger partial charge < -0.3 is 20.7 Å². The summed E-state index contributed by atoms with van der Waals surface area (Å²) in [4.78, 5) is 45.5. The summed E-state index contributed by atoms with van der Waals surface area (Å²) in [5, 5.41) is 10.3. The van der Waals surface area contributed by atoms with Crippen LogP contribution in [0, 0.1) is 5.92 Å². The van der Waals surface area contributed by atoms with Crippen molar-refractivity contribution in [1.82, 2.24) is 25.8 Å². The Morgan fingerprint density at radius 1 is 1.18 bits per heavy atom.